The first-order valence-corrected chi connectivity index (χ1v) is 8.50. The Balaban J connectivity index is 1.73. The quantitative estimate of drug-likeness (QED) is 0.915. The molecule has 2 heterocycles. The summed E-state index contributed by atoms with van der Waals surface area (Å²) in [6.45, 7) is 2.51. The van der Waals surface area contributed by atoms with Crippen LogP contribution in [0.2, 0.25) is 5.02 Å². The SMILES string of the molecule is CC1CC(C#N)N(C(=O)CN(C)C(=O)c2cc3c(Cl)cccc3[nH]2)C1. The molecule has 1 aliphatic rings. The molecule has 0 aliphatic carbocycles. The van der Waals surface area contributed by atoms with Crippen LogP contribution in [0, 0.1) is 17.2 Å². The second-order valence-electron chi connectivity index (χ2n) is 6.58. The molecule has 2 atom stereocenters. The lowest BCUT2D eigenvalue weighted by molar-refractivity contribution is -0.131. The van der Waals surface area contributed by atoms with Crippen molar-refractivity contribution in [1.29, 1.82) is 5.26 Å². The maximum absolute atomic E-state index is 12.6. The van der Waals surface area contributed by atoms with Crippen molar-refractivity contribution in [1.82, 2.24) is 14.8 Å². The predicted octanol–water partition coefficient (Wildman–Crippen LogP) is 2.65. The summed E-state index contributed by atoms with van der Waals surface area (Å²) < 4.78 is 0. The molecule has 1 N–H and O–H groups in total. The van der Waals surface area contributed by atoms with Crippen molar-refractivity contribution in [3.05, 3.63) is 35.0 Å². The smallest absolute Gasteiger partial charge is 0.270 e. The molecule has 25 heavy (non-hydrogen) atoms. The van der Waals surface area contributed by atoms with Crippen LogP contribution < -0.4 is 0 Å². The molecule has 0 bridgehead atoms. The molecule has 0 spiro atoms. The van der Waals surface area contributed by atoms with Gasteiger partial charge in [-0.05, 0) is 30.5 Å². The predicted molar refractivity (Wildman–Crippen MR) is 95.2 cm³/mol. The Morgan fingerprint density at radius 3 is 2.92 bits per heavy atom. The van der Waals surface area contributed by atoms with Crippen molar-refractivity contribution in [2.45, 2.75) is 19.4 Å². The van der Waals surface area contributed by atoms with Crippen LogP contribution in [0.5, 0.6) is 0 Å². The Bertz CT molecular complexity index is 870. The fourth-order valence-electron chi connectivity index (χ4n) is 3.25. The lowest BCUT2D eigenvalue weighted by Crippen LogP contribution is -2.43. The van der Waals surface area contributed by atoms with Crippen LogP contribution >= 0.6 is 11.6 Å². The van der Waals surface area contributed by atoms with E-state index in [0.29, 0.717) is 29.6 Å². The van der Waals surface area contributed by atoms with Gasteiger partial charge in [-0.15, -0.1) is 0 Å². The van der Waals surface area contributed by atoms with E-state index in [2.05, 4.69) is 11.1 Å². The Kier molecular flexibility index (Phi) is 4.69. The number of nitrogens with one attached hydrogen (secondary N) is 1. The fourth-order valence-corrected chi connectivity index (χ4v) is 3.48. The number of aromatic amines is 1. The average Bonchev–Trinajstić information content (AvgIpc) is 3.18. The third-order valence-corrected chi connectivity index (χ3v) is 4.87. The van der Waals surface area contributed by atoms with E-state index in [0.717, 1.165) is 10.9 Å². The molecular formula is C18H19ClN4O2. The lowest BCUT2D eigenvalue weighted by Gasteiger charge is -2.23. The van der Waals surface area contributed by atoms with Gasteiger partial charge in [-0.3, -0.25) is 9.59 Å². The Hall–Kier alpha value is -2.52. The number of halogens is 1. The first-order chi connectivity index (χ1) is 11.9. The maximum Gasteiger partial charge on any atom is 0.270 e. The number of aromatic nitrogens is 1. The number of hydrogen-bond donors (Lipinski definition) is 1. The van der Waals surface area contributed by atoms with Gasteiger partial charge in [0.15, 0.2) is 0 Å². The summed E-state index contributed by atoms with van der Waals surface area (Å²) in [6, 6.07) is 8.86. The zero-order valence-electron chi connectivity index (χ0n) is 14.1. The van der Waals surface area contributed by atoms with Crippen molar-refractivity contribution < 1.29 is 9.59 Å². The molecule has 6 nitrogen and oxygen atoms in total. The van der Waals surface area contributed by atoms with Crippen molar-refractivity contribution in [3.63, 3.8) is 0 Å². The molecule has 2 aromatic rings. The number of carbonyl (C=O) groups excluding carboxylic acids is 2. The third kappa shape index (κ3) is 3.33. The molecule has 1 saturated heterocycles. The highest BCUT2D eigenvalue weighted by molar-refractivity contribution is 6.35. The molecule has 1 aliphatic heterocycles. The second-order valence-corrected chi connectivity index (χ2v) is 6.98. The first kappa shape index (κ1) is 17.3. The van der Waals surface area contributed by atoms with Gasteiger partial charge in [-0.1, -0.05) is 24.6 Å². The number of hydrogen-bond acceptors (Lipinski definition) is 3. The van der Waals surface area contributed by atoms with Gasteiger partial charge in [0, 0.05) is 29.5 Å². The Labute approximate surface area is 151 Å². The van der Waals surface area contributed by atoms with E-state index >= 15 is 0 Å². The lowest BCUT2D eigenvalue weighted by atomic mass is 10.1. The minimum Gasteiger partial charge on any atom is -0.350 e. The molecule has 2 amide bonds. The van der Waals surface area contributed by atoms with Crippen LogP contribution in [-0.4, -0.2) is 52.8 Å². The summed E-state index contributed by atoms with van der Waals surface area (Å²) in [4.78, 5) is 31.0. The summed E-state index contributed by atoms with van der Waals surface area (Å²) in [5.41, 5.74) is 1.15. The number of H-pyrrole nitrogens is 1. The van der Waals surface area contributed by atoms with Crippen molar-refractivity contribution in [2.24, 2.45) is 5.92 Å². The van der Waals surface area contributed by atoms with Crippen LogP contribution in [0.25, 0.3) is 10.9 Å². The Morgan fingerprint density at radius 1 is 1.48 bits per heavy atom. The number of nitrogens with zero attached hydrogens (tertiary/aromatic N) is 3. The fraction of sp³-hybridized carbons (Fsp3) is 0.389. The molecule has 7 heteroatoms. The van der Waals surface area contributed by atoms with Gasteiger partial charge < -0.3 is 14.8 Å². The van der Waals surface area contributed by atoms with E-state index in [1.54, 1.807) is 30.1 Å². The van der Waals surface area contributed by atoms with Crippen LogP contribution in [0.3, 0.4) is 0 Å². The molecule has 0 saturated carbocycles. The van der Waals surface area contributed by atoms with E-state index < -0.39 is 6.04 Å². The number of rotatable bonds is 3. The van der Waals surface area contributed by atoms with Gasteiger partial charge in [-0.25, -0.2) is 0 Å². The second kappa shape index (κ2) is 6.77. The van der Waals surface area contributed by atoms with E-state index in [9.17, 15) is 14.9 Å². The summed E-state index contributed by atoms with van der Waals surface area (Å²) >= 11 is 6.13. The molecule has 0 radical (unpaired) electrons. The number of likely N-dealkylation sites (tertiary alicyclic amines) is 1. The number of amides is 2. The third-order valence-electron chi connectivity index (χ3n) is 4.54. The minimum atomic E-state index is -0.405. The van der Waals surface area contributed by atoms with Gasteiger partial charge in [0.2, 0.25) is 5.91 Å². The zero-order valence-corrected chi connectivity index (χ0v) is 14.9. The molecule has 1 aromatic heterocycles. The van der Waals surface area contributed by atoms with E-state index in [4.69, 9.17) is 11.6 Å². The van der Waals surface area contributed by atoms with Gasteiger partial charge >= 0.3 is 0 Å². The number of fused-ring (bicyclic) bond motifs is 1. The maximum atomic E-state index is 12.6. The topological polar surface area (TPSA) is 80.2 Å². The normalized spacial score (nSPS) is 19.8. The number of likely N-dealkylation sites (N-methyl/N-ethyl adjacent to an activating group) is 1. The summed E-state index contributed by atoms with van der Waals surface area (Å²) in [5, 5.41) is 10.5. The molecule has 1 fully saturated rings. The van der Waals surface area contributed by atoms with E-state index in [-0.39, 0.29) is 18.4 Å². The Morgan fingerprint density at radius 2 is 2.24 bits per heavy atom. The van der Waals surface area contributed by atoms with Crippen LogP contribution in [-0.2, 0) is 4.79 Å². The van der Waals surface area contributed by atoms with Crippen LogP contribution in [0.15, 0.2) is 24.3 Å². The zero-order chi connectivity index (χ0) is 18.1. The van der Waals surface area contributed by atoms with Gasteiger partial charge in [0.1, 0.15) is 11.7 Å². The van der Waals surface area contributed by atoms with E-state index in [1.807, 2.05) is 13.0 Å². The molecule has 2 unspecified atom stereocenters. The van der Waals surface area contributed by atoms with E-state index in [1.165, 1.54) is 4.90 Å². The van der Waals surface area contributed by atoms with Crippen molar-refractivity contribution in [3.8, 4) is 6.07 Å². The molecular weight excluding hydrogens is 340 g/mol. The summed E-state index contributed by atoms with van der Waals surface area (Å²) in [5.74, 6) is -0.201. The van der Waals surface area contributed by atoms with Gasteiger partial charge in [0.05, 0.1) is 12.6 Å². The van der Waals surface area contributed by atoms with Crippen LogP contribution in [0.4, 0.5) is 0 Å². The monoisotopic (exact) mass is 358 g/mol. The standard InChI is InChI=1S/C18H19ClN4O2/c1-11-6-12(8-20)23(9-11)17(24)10-22(2)18(25)16-7-13-14(19)4-3-5-15(13)21-16/h3-5,7,11-12,21H,6,9-10H2,1-2H3. The van der Waals surface area contributed by atoms with Crippen molar-refractivity contribution >= 4 is 34.3 Å². The summed E-state index contributed by atoms with van der Waals surface area (Å²) in [7, 11) is 1.58. The molecule has 3 rings (SSSR count). The number of nitriles is 1. The van der Waals surface area contributed by atoms with Gasteiger partial charge in [0.25, 0.3) is 5.91 Å². The highest BCUT2D eigenvalue weighted by Gasteiger charge is 2.33. The summed E-state index contributed by atoms with van der Waals surface area (Å²) in [6.07, 6.45) is 0.681. The highest BCUT2D eigenvalue weighted by Crippen LogP contribution is 2.25. The largest absolute Gasteiger partial charge is 0.350 e. The first-order valence-electron chi connectivity index (χ1n) is 8.12. The number of benzene rings is 1. The number of carbonyl (C=O) groups is 2. The van der Waals surface area contributed by atoms with Gasteiger partial charge in [-0.2, -0.15) is 5.26 Å². The van der Waals surface area contributed by atoms with Crippen molar-refractivity contribution in [2.75, 3.05) is 20.1 Å². The average molecular weight is 359 g/mol. The highest BCUT2D eigenvalue weighted by atomic mass is 35.5. The minimum absolute atomic E-state index is 0.0627. The van der Waals surface area contributed by atoms with Crippen LogP contribution in [0.1, 0.15) is 23.8 Å². The molecule has 130 valence electrons. The molecule has 1 aromatic carbocycles.